The molecule has 0 heterocycles. The molecule has 0 rings (SSSR count). The summed E-state index contributed by atoms with van der Waals surface area (Å²) in [6.07, 6.45) is 61.7. The van der Waals surface area contributed by atoms with E-state index in [0.29, 0.717) is 12.8 Å². The van der Waals surface area contributed by atoms with E-state index in [-0.39, 0.29) is 37.5 Å². The summed E-state index contributed by atoms with van der Waals surface area (Å²) in [5.74, 6) is -0.932. The third-order valence-electron chi connectivity index (χ3n) is 10.7. The van der Waals surface area contributed by atoms with Crippen LogP contribution in [0.25, 0.3) is 0 Å². The van der Waals surface area contributed by atoms with Crippen LogP contribution < -0.4 is 0 Å². The molecule has 61 heavy (non-hydrogen) atoms. The lowest BCUT2D eigenvalue weighted by atomic mass is 10.0. The highest BCUT2D eigenvalue weighted by Crippen LogP contribution is 2.14. The highest BCUT2D eigenvalue weighted by molar-refractivity contribution is 5.71. The van der Waals surface area contributed by atoms with Crippen LogP contribution in [0.5, 0.6) is 0 Å². The Bertz CT molecular complexity index is 1160. The van der Waals surface area contributed by atoms with Crippen LogP contribution in [0.15, 0.2) is 72.9 Å². The minimum Gasteiger partial charge on any atom is -0.462 e. The van der Waals surface area contributed by atoms with E-state index >= 15 is 0 Å². The maximum absolute atomic E-state index is 12.8. The van der Waals surface area contributed by atoms with E-state index in [1.54, 1.807) is 0 Å². The highest BCUT2D eigenvalue weighted by Gasteiger charge is 2.19. The summed E-state index contributed by atoms with van der Waals surface area (Å²) in [6.45, 7) is 6.45. The molecule has 0 aromatic heterocycles. The number of unbranched alkanes of at least 4 members (excludes halogenated alkanes) is 22. The molecule has 6 nitrogen and oxygen atoms in total. The second-order valence-corrected chi connectivity index (χ2v) is 16.7. The molecule has 350 valence electrons. The lowest BCUT2D eigenvalue weighted by Gasteiger charge is -2.18. The van der Waals surface area contributed by atoms with Gasteiger partial charge in [-0.2, -0.15) is 0 Å². The lowest BCUT2D eigenvalue weighted by molar-refractivity contribution is -0.167. The van der Waals surface area contributed by atoms with Crippen LogP contribution in [-0.2, 0) is 28.6 Å². The summed E-state index contributed by atoms with van der Waals surface area (Å²) in [5.41, 5.74) is 0. The smallest absolute Gasteiger partial charge is 0.306 e. The Balaban J connectivity index is 4.44. The predicted octanol–water partition coefficient (Wildman–Crippen LogP) is 16.6. The van der Waals surface area contributed by atoms with Gasteiger partial charge in [0, 0.05) is 19.3 Å². The number of ether oxygens (including phenoxy) is 3. The van der Waals surface area contributed by atoms with E-state index in [1.807, 2.05) is 0 Å². The molecule has 1 atom stereocenters. The van der Waals surface area contributed by atoms with Crippen molar-refractivity contribution in [3.63, 3.8) is 0 Å². The van der Waals surface area contributed by atoms with Gasteiger partial charge in [0.1, 0.15) is 13.2 Å². The van der Waals surface area contributed by atoms with E-state index < -0.39 is 6.10 Å². The zero-order valence-corrected chi connectivity index (χ0v) is 39.9. The van der Waals surface area contributed by atoms with Gasteiger partial charge in [-0.25, -0.2) is 0 Å². The molecule has 0 aromatic rings. The normalized spacial score (nSPS) is 12.6. The maximum atomic E-state index is 12.8. The molecule has 0 fully saturated rings. The lowest BCUT2D eigenvalue weighted by Crippen LogP contribution is -2.30. The van der Waals surface area contributed by atoms with Crippen LogP contribution in [0.4, 0.5) is 0 Å². The van der Waals surface area contributed by atoms with Crippen LogP contribution in [0.1, 0.15) is 239 Å². The maximum Gasteiger partial charge on any atom is 0.306 e. The Hall–Kier alpha value is -3.15. The van der Waals surface area contributed by atoms with E-state index in [4.69, 9.17) is 14.2 Å². The van der Waals surface area contributed by atoms with Crippen molar-refractivity contribution in [3.05, 3.63) is 72.9 Å². The summed E-state index contributed by atoms with van der Waals surface area (Å²) in [6, 6.07) is 0. The molecule has 0 unspecified atom stereocenters. The molecule has 0 saturated heterocycles. The Kier molecular flexibility index (Phi) is 46.9. The molecule has 0 bridgehead atoms. The number of carbonyl (C=O) groups is 3. The second kappa shape index (κ2) is 49.5. The summed E-state index contributed by atoms with van der Waals surface area (Å²) in [4.78, 5) is 37.9. The minimum atomic E-state index is -0.793. The van der Waals surface area contributed by atoms with E-state index in [0.717, 1.165) is 103 Å². The minimum absolute atomic E-state index is 0.0900. The first kappa shape index (κ1) is 57.9. The fraction of sp³-hybridized carbons (Fsp3) is 0.727. The van der Waals surface area contributed by atoms with Crippen molar-refractivity contribution < 1.29 is 28.6 Å². The number of esters is 3. The first-order chi connectivity index (χ1) is 30.0. The first-order valence-electron chi connectivity index (χ1n) is 25.4. The molecule has 0 aliphatic carbocycles. The fourth-order valence-corrected chi connectivity index (χ4v) is 6.86. The zero-order chi connectivity index (χ0) is 44.4. The number of allylic oxidation sites excluding steroid dienone is 12. The van der Waals surface area contributed by atoms with Gasteiger partial charge in [0.05, 0.1) is 0 Å². The Morgan fingerprint density at radius 1 is 0.344 bits per heavy atom. The number of hydrogen-bond acceptors (Lipinski definition) is 6. The monoisotopic (exact) mass is 851 g/mol. The van der Waals surface area contributed by atoms with E-state index in [2.05, 4.69) is 93.7 Å². The SMILES string of the molecule is CC/C=C\C/C=C\C/C=C\C/C=C\C/C=C\CCCCCC(=O)O[C@H](COC(=O)CCCCCCC/C=C\CCCC)COC(=O)CCCCCCCCCCCCCCC. The highest BCUT2D eigenvalue weighted by atomic mass is 16.6. The average Bonchev–Trinajstić information content (AvgIpc) is 3.26. The Morgan fingerprint density at radius 3 is 1.08 bits per heavy atom. The van der Waals surface area contributed by atoms with Crippen LogP contribution in [0.3, 0.4) is 0 Å². The van der Waals surface area contributed by atoms with Crippen molar-refractivity contribution in [1.29, 1.82) is 0 Å². The number of rotatable bonds is 45. The first-order valence-corrected chi connectivity index (χ1v) is 25.4. The van der Waals surface area contributed by atoms with Crippen LogP contribution in [-0.4, -0.2) is 37.2 Å². The fourth-order valence-electron chi connectivity index (χ4n) is 6.86. The van der Waals surface area contributed by atoms with Gasteiger partial charge in [0.25, 0.3) is 0 Å². The van der Waals surface area contributed by atoms with E-state index in [9.17, 15) is 14.4 Å². The van der Waals surface area contributed by atoms with Crippen LogP contribution in [0, 0.1) is 0 Å². The molecule has 0 radical (unpaired) electrons. The molecule has 0 amide bonds. The number of carbonyl (C=O) groups excluding carboxylic acids is 3. The summed E-state index contributed by atoms with van der Waals surface area (Å²) in [5, 5.41) is 0. The van der Waals surface area contributed by atoms with Crippen molar-refractivity contribution in [2.45, 2.75) is 245 Å². The van der Waals surface area contributed by atoms with Gasteiger partial charge in [-0.3, -0.25) is 14.4 Å². The van der Waals surface area contributed by atoms with Crippen molar-refractivity contribution in [2.24, 2.45) is 0 Å². The van der Waals surface area contributed by atoms with Crippen molar-refractivity contribution in [1.82, 2.24) is 0 Å². The molecular weight excluding hydrogens is 757 g/mol. The predicted molar refractivity (Wildman–Crippen MR) is 261 cm³/mol. The van der Waals surface area contributed by atoms with Crippen molar-refractivity contribution >= 4 is 17.9 Å². The molecule has 0 aromatic carbocycles. The third-order valence-corrected chi connectivity index (χ3v) is 10.7. The zero-order valence-electron chi connectivity index (χ0n) is 39.9. The van der Waals surface area contributed by atoms with Gasteiger partial charge < -0.3 is 14.2 Å². The van der Waals surface area contributed by atoms with Gasteiger partial charge in [-0.1, -0.05) is 209 Å². The molecule has 6 heteroatoms. The van der Waals surface area contributed by atoms with Crippen molar-refractivity contribution in [3.8, 4) is 0 Å². The molecule has 0 spiro atoms. The summed E-state index contributed by atoms with van der Waals surface area (Å²) >= 11 is 0. The number of hydrogen-bond donors (Lipinski definition) is 0. The molecular formula is C55H94O6. The molecule has 0 saturated carbocycles. The quantitative estimate of drug-likeness (QED) is 0.0263. The van der Waals surface area contributed by atoms with Gasteiger partial charge in [-0.05, 0) is 83.5 Å². The van der Waals surface area contributed by atoms with Gasteiger partial charge >= 0.3 is 17.9 Å². The second-order valence-electron chi connectivity index (χ2n) is 16.7. The summed E-state index contributed by atoms with van der Waals surface area (Å²) in [7, 11) is 0. The van der Waals surface area contributed by atoms with Crippen LogP contribution in [0.2, 0.25) is 0 Å². The standard InChI is InChI=1S/C55H94O6/c1-4-7-10-13-16-19-22-24-25-26-27-28-29-31-34-37-40-43-46-49-55(58)61-52(50-59-53(56)47-44-41-38-35-32-21-18-15-12-9-6-3)51-60-54(57)48-45-42-39-36-33-30-23-20-17-14-11-8-5-2/h7,10,15-16,18-19,24-25,27-28,31,34,52H,4-6,8-9,11-14,17,20-23,26,29-30,32-33,35-51H2,1-3H3/b10-7-,18-15-,19-16-,25-24-,28-27-,34-31-/t52-/m1/s1. The Labute approximate surface area is 376 Å². The molecule has 0 aliphatic rings. The topological polar surface area (TPSA) is 78.9 Å². The average molecular weight is 851 g/mol. The van der Waals surface area contributed by atoms with Gasteiger partial charge in [0.2, 0.25) is 0 Å². The van der Waals surface area contributed by atoms with Gasteiger partial charge in [0.15, 0.2) is 6.10 Å². The third kappa shape index (κ3) is 47.7. The molecule has 0 aliphatic heterocycles. The van der Waals surface area contributed by atoms with E-state index in [1.165, 1.54) is 96.3 Å². The van der Waals surface area contributed by atoms with Crippen molar-refractivity contribution in [2.75, 3.05) is 13.2 Å². The Morgan fingerprint density at radius 2 is 0.656 bits per heavy atom. The van der Waals surface area contributed by atoms with Gasteiger partial charge in [-0.15, -0.1) is 0 Å². The largest absolute Gasteiger partial charge is 0.462 e. The summed E-state index contributed by atoms with van der Waals surface area (Å²) < 4.78 is 16.7. The van der Waals surface area contributed by atoms with Crippen LogP contribution >= 0.6 is 0 Å². The molecule has 0 N–H and O–H groups in total.